The number of ether oxygens (including phenoxy) is 1. The summed E-state index contributed by atoms with van der Waals surface area (Å²) in [5.41, 5.74) is 1.34. The van der Waals surface area contributed by atoms with Gasteiger partial charge in [-0.2, -0.15) is 0 Å². The van der Waals surface area contributed by atoms with Crippen LogP contribution >= 0.6 is 15.9 Å². The zero-order valence-corrected chi connectivity index (χ0v) is 14.3. The topological polar surface area (TPSA) is 26.3 Å². The smallest absolute Gasteiger partial charge is 0.341 e. The van der Waals surface area contributed by atoms with Gasteiger partial charge in [0.15, 0.2) is 0 Å². The SMILES string of the molecule is O=C(O[C@H]1CC[C@@H](c2ccc(Br)cc2)CC1)c1ccccc1F. The van der Waals surface area contributed by atoms with Crippen LogP contribution in [0.25, 0.3) is 0 Å². The van der Waals surface area contributed by atoms with Crippen molar-refractivity contribution < 1.29 is 13.9 Å². The first-order valence-electron chi connectivity index (χ1n) is 7.84. The average Bonchev–Trinajstić information content (AvgIpc) is 2.57. The maximum Gasteiger partial charge on any atom is 0.341 e. The van der Waals surface area contributed by atoms with Gasteiger partial charge in [-0.1, -0.05) is 40.2 Å². The second kappa shape index (κ2) is 7.26. The predicted molar refractivity (Wildman–Crippen MR) is 91.0 cm³/mol. The zero-order valence-electron chi connectivity index (χ0n) is 12.7. The minimum Gasteiger partial charge on any atom is -0.459 e. The molecule has 0 aliphatic heterocycles. The Balaban J connectivity index is 1.56. The lowest BCUT2D eigenvalue weighted by molar-refractivity contribution is 0.0190. The molecule has 0 spiro atoms. The average molecular weight is 377 g/mol. The molecule has 2 nitrogen and oxygen atoms in total. The summed E-state index contributed by atoms with van der Waals surface area (Å²) in [6, 6.07) is 14.3. The van der Waals surface area contributed by atoms with E-state index in [9.17, 15) is 9.18 Å². The Bertz CT molecular complexity index is 676. The third-order valence-corrected chi connectivity index (χ3v) is 4.91. The van der Waals surface area contributed by atoms with Gasteiger partial charge in [-0.25, -0.2) is 9.18 Å². The van der Waals surface area contributed by atoms with Crippen LogP contribution in [0.2, 0.25) is 0 Å². The highest BCUT2D eigenvalue weighted by Gasteiger charge is 2.26. The molecule has 3 rings (SSSR count). The summed E-state index contributed by atoms with van der Waals surface area (Å²) in [6.07, 6.45) is 3.49. The summed E-state index contributed by atoms with van der Waals surface area (Å²) in [7, 11) is 0. The van der Waals surface area contributed by atoms with Gasteiger partial charge in [-0.3, -0.25) is 0 Å². The number of hydrogen-bond acceptors (Lipinski definition) is 2. The summed E-state index contributed by atoms with van der Waals surface area (Å²) in [4.78, 5) is 12.1. The fourth-order valence-corrected chi connectivity index (χ4v) is 3.35. The van der Waals surface area contributed by atoms with E-state index in [2.05, 4.69) is 40.2 Å². The van der Waals surface area contributed by atoms with Crippen LogP contribution in [-0.2, 0) is 4.74 Å². The summed E-state index contributed by atoms with van der Waals surface area (Å²) in [6.45, 7) is 0. The molecule has 1 aliphatic carbocycles. The molecule has 2 aromatic carbocycles. The first-order chi connectivity index (χ1) is 11.1. The highest BCUT2D eigenvalue weighted by molar-refractivity contribution is 9.10. The molecule has 0 atom stereocenters. The van der Waals surface area contributed by atoms with E-state index in [1.54, 1.807) is 12.1 Å². The minimum absolute atomic E-state index is 0.0162. The van der Waals surface area contributed by atoms with Crippen molar-refractivity contribution in [3.05, 3.63) is 69.9 Å². The molecule has 0 radical (unpaired) electrons. The van der Waals surface area contributed by atoms with E-state index >= 15 is 0 Å². The number of esters is 1. The van der Waals surface area contributed by atoms with Crippen LogP contribution in [0.4, 0.5) is 4.39 Å². The largest absolute Gasteiger partial charge is 0.459 e. The van der Waals surface area contributed by atoms with Crippen molar-refractivity contribution in [2.75, 3.05) is 0 Å². The van der Waals surface area contributed by atoms with E-state index in [1.807, 2.05) is 0 Å². The Morgan fingerprint density at radius 1 is 1.00 bits per heavy atom. The molecule has 1 fully saturated rings. The zero-order chi connectivity index (χ0) is 16.2. The van der Waals surface area contributed by atoms with Gasteiger partial charge < -0.3 is 4.74 Å². The van der Waals surface area contributed by atoms with E-state index in [0.717, 1.165) is 30.2 Å². The van der Waals surface area contributed by atoms with Crippen LogP contribution in [0.5, 0.6) is 0 Å². The van der Waals surface area contributed by atoms with Crippen LogP contribution in [0.15, 0.2) is 53.0 Å². The van der Waals surface area contributed by atoms with Crippen LogP contribution in [0, 0.1) is 5.82 Å². The number of carbonyl (C=O) groups excluding carboxylic acids is 1. The molecule has 2 aromatic rings. The van der Waals surface area contributed by atoms with Gasteiger partial charge in [0.1, 0.15) is 11.9 Å². The van der Waals surface area contributed by atoms with Crippen molar-refractivity contribution in [1.29, 1.82) is 0 Å². The summed E-state index contributed by atoms with van der Waals surface area (Å²) in [5.74, 6) is -0.581. The predicted octanol–water partition coefficient (Wildman–Crippen LogP) is 5.47. The van der Waals surface area contributed by atoms with E-state index in [1.165, 1.54) is 17.7 Å². The van der Waals surface area contributed by atoms with Crippen LogP contribution < -0.4 is 0 Å². The maximum atomic E-state index is 13.6. The lowest BCUT2D eigenvalue weighted by Crippen LogP contribution is -2.24. The van der Waals surface area contributed by atoms with E-state index in [4.69, 9.17) is 4.74 Å². The molecule has 4 heteroatoms. The Hall–Kier alpha value is -1.68. The molecule has 0 unspecified atom stereocenters. The minimum atomic E-state index is -0.560. The summed E-state index contributed by atoms with van der Waals surface area (Å²) >= 11 is 3.45. The van der Waals surface area contributed by atoms with Crippen LogP contribution in [-0.4, -0.2) is 12.1 Å². The fourth-order valence-electron chi connectivity index (χ4n) is 3.09. The van der Waals surface area contributed by atoms with Crippen molar-refractivity contribution in [2.24, 2.45) is 0 Å². The normalized spacial score (nSPS) is 21.0. The molecule has 1 aliphatic rings. The molecule has 0 amide bonds. The number of carbonyl (C=O) groups is 1. The Labute approximate surface area is 143 Å². The molecule has 0 aromatic heterocycles. The second-order valence-electron chi connectivity index (χ2n) is 5.91. The van der Waals surface area contributed by atoms with E-state index in [-0.39, 0.29) is 11.7 Å². The van der Waals surface area contributed by atoms with Crippen LogP contribution in [0.3, 0.4) is 0 Å². The van der Waals surface area contributed by atoms with Gasteiger partial charge in [0, 0.05) is 4.47 Å². The van der Waals surface area contributed by atoms with Gasteiger partial charge in [0.25, 0.3) is 0 Å². The van der Waals surface area contributed by atoms with Gasteiger partial charge in [-0.05, 0) is 61.4 Å². The summed E-state index contributed by atoms with van der Waals surface area (Å²) < 4.78 is 20.2. The third kappa shape index (κ3) is 3.99. The second-order valence-corrected chi connectivity index (χ2v) is 6.83. The lowest BCUT2D eigenvalue weighted by Gasteiger charge is -2.28. The number of hydrogen-bond donors (Lipinski definition) is 0. The quantitative estimate of drug-likeness (QED) is 0.663. The van der Waals surface area contributed by atoms with Crippen molar-refractivity contribution in [2.45, 2.75) is 37.7 Å². The van der Waals surface area contributed by atoms with Crippen molar-refractivity contribution in [3.63, 3.8) is 0 Å². The van der Waals surface area contributed by atoms with E-state index in [0.29, 0.717) is 5.92 Å². The molecule has 23 heavy (non-hydrogen) atoms. The Morgan fingerprint density at radius 2 is 1.65 bits per heavy atom. The number of halogens is 2. The van der Waals surface area contributed by atoms with Gasteiger partial charge in [-0.15, -0.1) is 0 Å². The van der Waals surface area contributed by atoms with E-state index < -0.39 is 11.8 Å². The monoisotopic (exact) mass is 376 g/mol. The highest BCUT2D eigenvalue weighted by atomic mass is 79.9. The fraction of sp³-hybridized carbons (Fsp3) is 0.316. The Morgan fingerprint density at radius 3 is 2.30 bits per heavy atom. The maximum absolute atomic E-state index is 13.6. The van der Waals surface area contributed by atoms with Crippen molar-refractivity contribution in [1.82, 2.24) is 0 Å². The highest BCUT2D eigenvalue weighted by Crippen LogP contribution is 2.34. The van der Waals surface area contributed by atoms with Gasteiger partial charge in [0.05, 0.1) is 5.56 Å². The Kier molecular flexibility index (Phi) is 5.11. The van der Waals surface area contributed by atoms with Crippen LogP contribution in [0.1, 0.15) is 47.5 Å². The molecule has 1 saturated carbocycles. The first kappa shape index (κ1) is 16.2. The van der Waals surface area contributed by atoms with Gasteiger partial charge >= 0.3 is 5.97 Å². The molecule has 0 N–H and O–H groups in total. The summed E-state index contributed by atoms with van der Waals surface area (Å²) in [5, 5.41) is 0. The number of benzene rings is 2. The molecule has 120 valence electrons. The number of rotatable bonds is 3. The van der Waals surface area contributed by atoms with Gasteiger partial charge in [0.2, 0.25) is 0 Å². The molecule has 0 saturated heterocycles. The standard InChI is InChI=1S/C19H18BrFO2/c20-15-9-5-13(6-10-15)14-7-11-16(12-8-14)23-19(22)17-3-1-2-4-18(17)21/h1-6,9-10,14,16H,7-8,11-12H2/t14-,16+. The molecular weight excluding hydrogens is 359 g/mol. The third-order valence-electron chi connectivity index (χ3n) is 4.38. The molecular formula is C19H18BrFO2. The molecule has 0 bridgehead atoms. The molecule has 0 heterocycles. The lowest BCUT2D eigenvalue weighted by atomic mass is 9.83. The van der Waals surface area contributed by atoms with Crippen molar-refractivity contribution >= 4 is 21.9 Å². The first-order valence-corrected chi connectivity index (χ1v) is 8.64. The van der Waals surface area contributed by atoms with Crippen molar-refractivity contribution in [3.8, 4) is 0 Å².